The van der Waals surface area contributed by atoms with Crippen molar-refractivity contribution in [2.45, 2.75) is 38.1 Å². The quantitative estimate of drug-likeness (QED) is 0.930. The highest BCUT2D eigenvalue weighted by molar-refractivity contribution is 5.80. The van der Waals surface area contributed by atoms with Crippen molar-refractivity contribution in [3.05, 3.63) is 35.6 Å². The van der Waals surface area contributed by atoms with Crippen LogP contribution in [-0.2, 0) is 4.79 Å². The highest BCUT2D eigenvalue weighted by Crippen LogP contribution is 2.38. The van der Waals surface area contributed by atoms with Gasteiger partial charge in [0, 0.05) is 12.5 Å². The Morgan fingerprint density at radius 2 is 1.95 bits per heavy atom. The first-order valence-corrected chi connectivity index (χ1v) is 7.96. The lowest BCUT2D eigenvalue weighted by atomic mass is 9.94. The number of hydrogen-bond donors (Lipinski definition) is 1. The first kappa shape index (κ1) is 14.5. The minimum absolute atomic E-state index is 0.0936. The Morgan fingerprint density at radius 1 is 1.19 bits per heavy atom. The van der Waals surface area contributed by atoms with Gasteiger partial charge in [-0.05, 0) is 55.8 Å². The first-order valence-electron chi connectivity index (χ1n) is 7.96. The number of likely N-dealkylation sites (tertiary alicyclic amines) is 1. The van der Waals surface area contributed by atoms with Crippen LogP contribution in [0.15, 0.2) is 24.3 Å². The summed E-state index contributed by atoms with van der Waals surface area (Å²) in [7, 11) is 0. The van der Waals surface area contributed by atoms with Crippen LogP contribution in [0.3, 0.4) is 0 Å². The first-order chi connectivity index (χ1) is 10.2. The maximum absolute atomic E-state index is 13.1. The molecule has 1 amide bonds. The van der Waals surface area contributed by atoms with E-state index in [-0.39, 0.29) is 23.7 Å². The van der Waals surface area contributed by atoms with Gasteiger partial charge in [-0.15, -0.1) is 0 Å². The SMILES string of the molecule is NC[C@H]1CCC[C@H]1C(=O)N1CCCC1c1ccc(F)cc1. The van der Waals surface area contributed by atoms with E-state index in [1.54, 1.807) is 12.1 Å². The second kappa shape index (κ2) is 6.14. The zero-order valence-electron chi connectivity index (χ0n) is 12.3. The molecule has 3 rings (SSSR count). The lowest BCUT2D eigenvalue weighted by Crippen LogP contribution is -2.38. The fourth-order valence-electron chi connectivity index (χ4n) is 3.92. The summed E-state index contributed by atoms with van der Waals surface area (Å²) >= 11 is 0. The third-order valence-electron chi connectivity index (χ3n) is 5.07. The van der Waals surface area contributed by atoms with Crippen LogP contribution in [0.25, 0.3) is 0 Å². The van der Waals surface area contributed by atoms with Crippen LogP contribution in [0, 0.1) is 17.7 Å². The van der Waals surface area contributed by atoms with Crippen molar-refractivity contribution in [2.75, 3.05) is 13.1 Å². The monoisotopic (exact) mass is 290 g/mol. The molecule has 1 aromatic carbocycles. The Bertz CT molecular complexity index is 502. The largest absolute Gasteiger partial charge is 0.335 e. The summed E-state index contributed by atoms with van der Waals surface area (Å²) in [6, 6.07) is 6.68. The van der Waals surface area contributed by atoms with Crippen molar-refractivity contribution >= 4 is 5.91 Å². The molecule has 0 aromatic heterocycles. The number of carbonyl (C=O) groups is 1. The van der Waals surface area contributed by atoms with Crippen molar-refractivity contribution in [3.63, 3.8) is 0 Å². The van der Waals surface area contributed by atoms with Crippen LogP contribution in [-0.4, -0.2) is 23.9 Å². The van der Waals surface area contributed by atoms with E-state index >= 15 is 0 Å². The number of rotatable bonds is 3. The maximum atomic E-state index is 13.1. The van der Waals surface area contributed by atoms with Crippen LogP contribution >= 0.6 is 0 Å². The number of nitrogens with zero attached hydrogens (tertiary/aromatic N) is 1. The summed E-state index contributed by atoms with van der Waals surface area (Å²) in [5.74, 6) is 0.464. The van der Waals surface area contributed by atoms with Crippen LogP contribution in [0.1, 0.15) is 43.7 Å². The Morgan fingerprint density at radius 3 is 2.67 bits per heavy atom. The number of nitrogens with two attached hydrogens (primary N) is 1. The molecule has 2 aliphatic rings. The molecule has 1 aliphatic heterocycles. The van der Waals surface area contributed by atoms with E-state index in [9.17, 15) is 9.18 Å². The van der Waals surface area contributed by atoms with Gasteiger partial charge in [0.25, 0.3) is 0 Å². The highest BCUT2D eigenvalue weighted by atomic mass is 19.1. The number of halogens is 1. The van der Waals surface area contributed by atoms with Crippen molar-refractivity contribution in [2.24, 2.45) is 17.6 Å². The molecule has 1 heterocycles. The number of amides is 1. The molecule has 0 radical (unpaired) electrons. The Kier molecular flexibility index (Phi) is 4.24. The fourth-order valence-corrected chi connectivity index (χ4v) is 3.92. The maximum Gasteiger partial charge on any atom is 0.226 e. The van der Waals surface area contributed by atoms with Crippen molar-refractivity contribution in [3.8, 4) is 0 Å². The zero-order valence-corrected chi connectivity index (χ0v) is 12.3. The smallest absolute Gasteiger partial charge is 0.226 e. The minimum Gasteiger partial charge on any atom is -0.335 e. The number of carbonyl (C=O) groups excluding carboxylic acids is 1. The molecule has 2 fully saturated rings. The summed E-state index contributed by atoms with van der Waals surface area (Å²) in [5.41, 5.74) is 6.86. The van der Waals surface area contributed by atoms with E-state index in [4.69, 9.17) is 5.73 Å². The van der Waals surface area contributed by atoms with Crippen molar-refractivity contribution < 1.29 is 9.18 Å². The molecule has 4 heteroatoms. The van der Waals surface area contributed by atoms with Gasteiger partial charge in [-0.1, -0.05) is 18.6 Å². The summed E-state index contributed by atoms with van der Waals surface area (Å²) in [6.45, 7) is 1.42. The second-order valence-corrected chi connectivity index (χ2v) is 6.27. The number of hydrogen-bond acceptors (Lipinski definition) is 2. The zero-order chi connectivity index (χ0) is 14.8. The van der Waals surface area contributed by atoms with Gasteiger partial charge in [0.05, 0.1) is 6.04 Å². The molecule has 1 aliphatic carbocycles. The fraction of sp³-hybridized carbons (Fsp3) is 0.588. The van der Waals surface area contributed by atoms with Gasteiger partial charge in [0.15, 0.2) is 0 Å². The Hall–Kier alpha value is -1.42. The van der Waals surface area contributed by atoms with Gasteiger partial charge in [-0.2, -0.15) is 0 Å². The van der Waals surface area contributed by atoms with E-state index in [0.717, 1.165) is 44.2 Å². The minimum atomic E-state index is -0.228. The van der Waals surface area contributed by atoms with E-state index in [0.29, 0.717) is 12.5 Å². The standard InChI is InChI=1S/C17H23FN2O/c18-14-8-6-12(7-9-14)16-5-2-10-20(16)17(21)15-4-1-3-13(15)11-19/h6-9,13,15-16H,1-5,10-11,19H2/t13-,15-,16?/m1/s1. The van der Waals surface area contributed by atoms with E-state index in [2.05, 4.69) is 0 Å². The lowest BCUT2D eigenvalue weighted by molar-refractivity contribution is -0.137. The van der Waals surface area contributed by atoms with Crippen LogP contribution in [0.4, 0.5) is 4.39 Å². The number of benzene rings is 1. The molecule has 1 saturated carbocycles. The van der Waals surface area contributed by atoms with Gasteiger partial charge < -0.3 is 10.6 Å². The normalized spacial score (nSPS) is 29.0. The second-order valence-electron chi connectivity index (χ2n) is 6.27. The molecule has 0 spiro atoms. The topological polar surface area (TPSA) is 46.3 Å². The molecule has 21 heavy (non-hydrogen) atoms. The Balaban J connectivity index is 1.77. The molecule has 3 atom stereocenters. The van der Waals surface area contributed by atoms with Crippen molar-refractivity contribution in [1.82, 2.24) is 4.90 Å². The highest BCUT2D eigenvalue weighted by Gasteiger charge is 2.38. The van der Waals surface area contributed by atoms with Gasteiger partial charge in [-0.3, -0.25) is 4.79 Å². The van der Waals surface area contributed by atoms with E-state index < -0.39 is 0 Å². The summed E-state index contributed by atoms with van der Waals surface area (Å²) in [6.07, 6.45) is 5.13. The van der Waals surface area contributed by atoms with Gasteiger partial charge in [0.1, 0.15) is 5.82 Å². The predicted molar refractivity (Wildman–Crippen MR) is 80.0 cm³/mol. The third-order valence-corrected chi connectivity index (χ3v) is 5.07. The molecule has 114 valence electrons. The molecule has 1 aromatic rings. The average Bonchev–Trinajstić information content (AvgIpc) is 3.16. The predicted octanol–water partition coefficient (Wildman–Crippen LogP) is 2.86. The van der Waals surface area contributed by atoms with Gasteiger partial charge in [0.2, 0.25) is 5.91 Å². The summed E-state index contributed by atoms with van der Waals surface area (Å²) in [4.78, 5) is 14.9. The molecule has 3 nitrogen and oxygen atoms in total. The third kappa shape index (κ3) is 2.82. The van der Waals surface area contributed by atoms with Crippen LogP contribution in [0.2, 0.25) is 0 Å². The lowest BCUT2D eigenvalue weighted by Gasteiger charge is -2.29. The van der Waals surface area contributed by atoms with Crippen molar-refractivity contribution in [1.29, 1.82) is 0 Å². The summed E-state index contributed by atoms with van der Waals surface area (Å²) in [5, 5.41) is 0. The van der Waals surface area contributed by atoms with Gasteiger partial charge in [-0.25, -0.2) is 4.39 Å². The Labute approximate surface area is 125 Å². The van der Waals surface area contributed by atoms with Crippen LogP contribution < -0.4 is 5.73 Å². The average molecular weight is 290 g/mol. The molecule has 2 N–H and O–H groups in total. The van der Waals surface area contributed by atoms with Gasteiger partial charge >= 0.3 is 0 Å². The molecule has 0 bridgehead atoms. The summed E-state index contributed by atoms with van der Waals surface area (Å²) < 4.78 is 13.1. The molecule has 1 unspecified atom stereocenters. The van der Waals surface area contributed by atoms with E-state index in [1.807, 2.05) is 4.90 Å². The van der Waals surface area contributed by atoms with Crippen LogP contribution in [0.5, 0.6) is 0 Å². The molecular formula is C17H23FN2O. The molecule has 1 saturated heterocycles. The van der Waals surface area contributed by atoms with E-state index in [1.165, 1.54) is 12.1 Å². The molecular weight excluding hydrogens is 267 g/mol.